The van der Waals surface area contributed by atoms with Crippen LogP contribution < -0.4 is 10.6 Å². The third kappa shape index (κ3) is 2.93. The van der Waals surface area contributed by atoms with E-state index in [9.17, 15) is 0 Å². The topological polar surface area (TPSA) is 75.9 Å². The largest absolute Gasteiger partial charge is 0.364 e. The Morgan fingerprint density at radius 3 is 2.71 bits per heavy atom. The zero-order valence-corrected chi connectivity index (χ0v) is 10.1. The van der Waals surface area contributed by atoms with Gasteiger partial charge >= 0.3 is 0 Å². The molecule has 0 aliphatic carbocycles. The summed E-state index contributed by atoms with van der Waals surface area (Å²) in [6.07, 6.45) is 0. The molecule has 2 aromatic heterocycles. The minimum atomic E-state index is 0.580. The van der Waals surface area contributed by atoms with Gasteiger partial charge in [-0.25, -0.2) is 4.98 Å². The van der Waals surface area contributed by atoms with E-state index in [-0.39, 0.29) is 0 Å². The maximum Gasteiger partial charge on any atom is 0.224 e. The van der Waals surface area contributed by atoms with Gasteiger partial charge in [0.15, 0.2) is 0 Å². The highest BCUT2D eigenvalue weighted by Gasteiger charge is 2.03. The first-order chi connectivity index (χ1) is 8.17. The third-order valence-electron chi connectivity index (χ3n) is 2.21. The van der Waals surface area contributed by atoms with Crippen molar-refractivity contribution in [3.8, 4) is 0 Å². The highest BCUT2D eigenvalue weighted by Crippen LogP contribution is 2.10. The molecule has 17 heavy (non-hydrogen) atoms. The summed E-state index contributed by atoms with van der Waals surface area (Å²) >= 11 is 0. The van der Waals surface area contributed by atoms with Crippen molar-refractivity contribution in [1.82, 2.24) is 15.1 Å². The van der Waals surface area contributed by atoms with Crippen molar-refractivity contribution >= 4 is 11.8 Å². The summed E-state index contributed by atoms with van der Waals surface area (Å²) in [6, 6.07) is 3.77. The molecule has 0 aliphatic rings. The van der Waals surface area contributed by atoms with E-state index in [0.717, 1.165) is 23.0 Å². The zero-order valence-electron chi connectivity index (χ0n) is 10.1. The predicted molar refractivity (Wildman–Crippen MR) is 64.9 cm³/mol. The molecule has 0 radical (unpaired) electrons. The molecule has 0 unspecified atom stereocenters. The van der Waals surface area contributed by atoms with E-state index < -0.39 is 0 Å². The number of nitrogens with zero attached hydrogens (tertiary/aromatic N) is 3. The van der Waals surface area contributed by atoms with E-state index in [0.29, 0.717) is 12.5 Å². The van der Waals surface area contributed by atoms with Crippen LogP contribution in [-0.4, -0.2) is 22.2 Å². The Morgan fingerprint density at radius 1 is 1.24 bits per heavy atom. The van der Waals surface area contributed by atoms with Crippen LogP contribution in [-0.2, 0) is 6.54 Å². The van der Waals surface area contributed by atoms with Crippen molar-refractivity contribution in [2.45, 2.75) is 20.4 Å². The molecule has 0 spiro atoms. The number of anilines is 2. The summed E-state index contributed by atoms with van der Waals surface area (Å²) in [7, 11) is 1.79. The first kappa shape index (κ1) is 11.4. The van der Waals surface area contributed by atoms with Crippen LogP contribution in [0, 0.1) is 13.8 Å². The van der Waals surface area contributed by atoms with Crippen molar-refractivity contribution in [3.05, 3.63) is 29.3 Å². The maximum atomic E-state index is 4.99. The van der Waals surface area contributed by atoms with Gasteiger partial charge in [-0.3, -0.25) is 0 Å². The Labute approximate surface area is 99.5 Å². The molecule has 2 N–H and O–H groups in total. The normalized spacial score (nSPS) is 10.3. The van der Waals surface area contributed by atoms with E-state index >= 15 is 0 Å². The lowest BCUT2D eigenvalue weighted by atomic mass is 10.3. The first-order valence-corrected chi connectivity index (χ1v) is 5.37. The van der Waals surface area contributed by atoms with Crippen LogP contribution >= 0.6 is 0 Å². The Bertz CT molecular complexity index is 508. The molecule has 0 saturated heterocycles. The molecule has 0 aromatic carbocycles. The molecule has 0 atom stereocenters. The molecular formula is C11H15N5O. The van der Waals surface area contributed by atoms with Crippen molar-refractivity contribution in [3.63, 3.8) is 0 Å². The smallest absolute Gasteiger partial charge is 0.224 e. The highest BCUT2D eigenvalue weighted by molar-refractivity contribution is 5.42. The van der Waals surface area contributed by atoms with Gasteiger partial charge in [0.1, 0.15) is 17.3 Å². The summed E-state index contributed by atoms with van der Waals surface area (Å²) in [6.45, 7) is 4.37. The van der Waals surface area contributed by atoms with E-state index in [1.54, 1.807) is 7.05 Å². The summed E-state index contributed by atoms with van der Waals surface area (Å²) < 4.78 is 4.99. The lowest BCUT2D eigenvalue weighted by Crippen LogP contribution is -2.05. The molecule has 0 amide bonds. The van der Waals surface area contributed by atoms with Crippen molar-refractivity contribution < 1.29 is 4.52 Å². The monoisotopic (exact) mass is 233 g/mol. The van der Waals surface area contributed by atoms with Gasteiger partial charge in [0.05, 0.1) is 6.54 Å². The van der Waals surface area contributed by atoms with E-state index in [1.165, 1.54) is 0 Å². The fraction of sp³-hybridized carbons (Fsp3) is 0.364. The number of aromatic nitrogens is 3. The van der Waals surface area contributed by atoms with Crippen LogP contribution in [0.25, 0.3) is 0 Å². The minimum Gasteiger partial charge on any atom is -0.364 e. The second-order valence-corrected chi connectivity index (χ2v) is 3.75. The van der Waals surface area contributed by atoms with Gasteiger partial charge in [0.25, 0.3) is 0 Å². The van der Waals surface area contributed by atoms with Crippen molar-refractivity contribution in [2.75, 3.05) is 17.7 Å². The van der Waals surface area contributed by atoms with Crippen LogP contribution in [0.15, 0.2) is 16.7 Å². The molecule has 0 aliphatic heterocycles. The Hall–Kier alpha value is -2.11. The maximum absolute atomic E-state index is 4.99. The Kier molecular flexibility index (Phi) is 3.22. The number of rotatable bonds is 4. The van der Waals surface area contributed by atoms with Crippen LogP contribution in [0.4, 0.5) is 11.8 Å². The van der Waals surface area contributed by atoms with Crippen molar-refractivity contribution in [1.29, 1.82) is 0 Å². The molecular weight excluding hydrogens is 218 g/mol. The SMILES string of the molecule is CNc1nc(C)cc(NCc2cc(C)on2)n1. The molecule has 0 bridgehead atoms. The fourth-order valence-corrected chi connectivity index (χ4v) is 1.45. The predicted octanol–water partition coefficient (Wildman–Crippen LogP) is 1.74. The molecule has 6 nitrogen and oxygen atoms in total. The first-order valence-electron chi connectivity index (χ1n) is 5.37. The number of hydrogen-bond acceptors (Lipinski definition) is 6. The van der Waals surface area contributed by atoms with Gasteiger partial charge in [-0.1, -0.05) is 5.16 Å². The molecule has 90 valence electrons. The van der Waals surface area contributed by atoms with E-state index in [4.69, 9.17) is 4.52 Å². The van der Waals surface area contributed by atoms with Gasteiger partial charge in [0.2, 0.25) is 5.95 Å². The van der Waals surface area contributed by atoms with Gasteiger partial charge in [0, 0.05) is 24.9 Å². The van der Waals surface area contributed by atoms with Gasteiger partial charge in [-0.15, -0.1) is 0 Å². The van der Waals surface area contributed by atoms with Crippen LogP contribution in [0.2, 0.25) is 0 Å². The quantitative estimate of drug-likeness (QED) is 0.837. The summed E-state index contributed by atoms with van der Waals surface area (Å²) in [4.78, 5) is 8.50. The minimum absolute atomic E-state index is 0.580. The van der Waals surface area contributed by atoms with E-state index in [2.05, 4.69) is 25.8 Å². The third-order valence-corrected chi connectivity index (χ3v) is 2.21. The fourth-order valence-electron chi connectivity index (χ4n) is 1.45. The Morgan fingerprint density at radius 2 is 2.06 bits per heavy atom. The number of aryl methyl sites for hydroxylation is 2. The van der Waals surface area contributed by atoms with Gasteiger partial charge in [-0.2, -0.15) is 4.98 Å². The summed E-state index contributed by atoms with van der Waals surface area (Å²) in [5.74, 6) is 2.17. The lowest BCUT2D eigenvalue weighted by Gasteiger charge is -2.06. The molecule has 2 heterocycles. The highest BCUT2D eigenvalue weighted by atomic mass is 16.5. The number of nitrogens with one attached hydrogen (secondary N) is 2. The average Bonchev–Trinajstić information content (AvgIpc) is 2.72. The molecule has 2 rings (SSSR count). The average molecular weight is 233 g/mol. The lowest BCUT2D eigenvalue weighted by molar-refractivity contribution is 0.391. The second kappa shape index (κ2) is 4.82. The van der Waals surface area contributed by atoms with Gasteiger partial charge in [-0.05, 0) is 13.8 Å². The molecule has 0 fully saturated rings. The molecule has 6 heteroatoms. The standard InChI is InChI=1S/C11H15N5O/c1-7-4-10(15-11(12-3)14-7)13-6-9-5-8(2)17-16-9/h4-5H,6H2,1-3H3,(H2,12,13,14,15). The Balaban J connectivity index is 2.05. The van der Waals surface area contributed by atoms with Crippen LogP contribution in [0.3, 0.4) is 0 Å². The zero-order chi connectivity index (χ0) is 12.3. The van der Waals surface area contributed by atoms with E-state index in [1.807, 2.05) is 26.0 Å². The summed E-state index contributed by atoms with van der Waals surface area (Å²) in [5, 5.41) is 9.99. The summed E-state index contributed by atoms with van der Waals surface area (Å²) in [5.41, 5.74) is 1.76. The van der Waals surface area contributed by atoms with Crippen LogP contribution in [0.1, 0.15) is 17.1 Å². The second-order valence-electron chi connectivity index (χ2n) is 3.75. The van der Waals surface area contributed by atoms with Crippen LogP contribution in [0.5, 0.6) is 0 Å². The van der Waals surface area contributed by atoms with Crippen molar-refractivity contribution in [2.24, 2.45) is 0 Å². The number of hydrogen-bond donors (Lipinski definition) is 2. The molecule has 0 saturated carbocycles. The molecule has 2 aromatic rings. The van der Waals surface area contributed by atoms with Gasteiger partial charge < -0.3 is 15.2 Å².